The van der Waals surface area contributed by atoms with Gasteiger partial charge in [-0.25, -0.2) is 0 Å². The van der Waals surface area contributed by atoms with Crippen molar-refractivity contribution in [3.63, 3.8) is 0 Å². The van der Waals surface area contributed by atoms with Crippen LogP contribution in [0, 0.1) is 5.41 Å². The molecule has 1 heterocycles. The van der Waals surface area contributed by atoms with Gasteiger partial charge < -0.3 is 4.74 Å². The highest BCUT2D eigenvalue weighted by Crippen LogP contribution is 2.36. The predicted molar refractivity (Wildman–Crippen MR) is 52.3 cm³/mol. The summed E-state index contributed by atoms with van der Waals surface area (Å²) >= 11 is 0. The molecule has 0 saturated carbocycles. The first-order chi connectivity index (χ1) is 5.83. The van der Waals surface area contributed by atoms with Crippen LogP contribution in [0.3, 0.4) is 0 Å². The summed E-state index contributed by atoms with van der Waals surface area (Å²) in [7, 11) is 0. The van der Waals surface area contributed by atoms with Crippen molar-refractivity contribution in [2.75, 3.05) is 13.2 Å². The van der Waals surface area contributed by atoms with Gasteiger partial charge in [0, 0.05) is 5.41 Å². The summed E-state index contributed by atoms with van der Waals surface area (Å²) in [5.74, 6) is 0. The molecule has 0 radical (unpaired) electrons. The molecule has 12 heavy (non-hydrogen) atoms. The Kier molecular flexibility index (Phi) is 4.07. The molecule has 0 aromatic carbocycles. The van der Waals surface area contributed by atoms with Gasteiger partial charge in [0.15, 0.2) is 0 Å². The zero-order valence-corrected chi connectivity index (χ0v) is 8.57. The van der Waals surface area contributed by atoms with Crippen LogP contribution in [0.5, 0.6) is 0 Å². The van der Waals surface area contributed by atoms with Crippen LogP contribution in [0.1, 0.15) is 52.4 Å². The smallest absolute Gasteiger partial charge is 0.0544 e. The molecule has 1 nitrogen and oxygen atoms in total. The monoisotopic (exact) mass is 170 g/mol. The van der Waals surface area contributed by atoms with E-state index in [4.69, 9.17) is 4.74 Å². The van der Waals surface area contributed by atoms with Gasteiger partial charge >= 0.3 is 0 Å². The molecule has 0 N–H and O–H groups in total. The molecule has 1 rings (SSSR count). The number of unbranched alkanes of at least 4 members (excludes halogenated alkanes) is 3. The summed E-state index contributed by atoms with van der Waals surface area (Å²) in [6.07, 6.45) is 8.27. The Bertz CT molecular complexity index is 111. The number of hydrogen-bond donors (Lipinski definition) is 0. The van der Waals surface area contributed by atoms with E-state index < -0.39 is 0 Å². The highest BCUT2D eigenvalue weighted by molar-refractivity contribution is 4.83. The van der Waals surface area contributed by atoms with Gasteiger partial charge in [0.1, 0.15) is 0 Å². The van der Waals surface area contributed by atoms with Crippen molar-refractivity contribution in [3.05, 3.63) is 0 Å². The lowest BCUT2D eigenvalue weighted by Gasteiger charge is -2.41. The molecule has 72 valence electrons. The fourth-order valence-corrected chi connectivity index (χ4v) is 1.84. The summed E-state index contributed by atoms with van der Waals surface area (Å²) in [6, 6.07) is 0. The van der Waals surface area contributed by atoms with E-state index in [1.807, 2.05) is 0 Å². The number of hydrogen-bond acceptors (Lipinski definition) is 1. The Morgan fingerprint density at radius 2 is 1.83 bits per heavy atom. The van der Waals surface area contributed by atoms with E-state index in [-0.39, 0.29) is 0 Å². The first-order valence-corrected chi connectivity index (χ1v) is 5.41. The summed E-state index contributed by atoms with van der Waals surface area (Å²) in [6.45, 7) is 6.61. The van der Waals surface area contributed by atoms with Crippen LogP contribution >= 0.6 is 0 Å². The molecule has 1 heteroatoms. The molecular weight excluding hydrogens is 148 g/mol. The van der Waals surface area contributed by atoms with Crippen LogP contribution in [0.4, 0.5) is 0 Å². The van der Waals surface area contributed by atoms with E-state index in [1.54, 1.807) is 0 Å². The fourth-order valence-electron chi connectivity index (χ4n) is 1.84. The molecule has 1 saturated heterocycles. The molecule has 1 aliphatic heterocycles. The average Bonchev–Trinajstić information content (AvgIpc) is 2.02. The molecule has 0 unspecified atom stereocenters. The minimum Gasteiger partial charge on any atom is -0.380 e. The maximum Gasteiger partial charge on any atom is 0.0544 e. The highest BCUT2D eigenvalue weighted by Gasteiger charge is 2.35. The number of ether oxygens (including phenoxy) is 1. The van der Waals surface area contributed by atoms with Gasteiger partial charge in [0.05, 0.1) is 13.2 Å². The highest BCUT2D eigenvalue weighted by atomic mass is 16.5. The Hall–Kier alpha value is -0.0400. The standard InChI is InChI=1S/C11H22O/c1-3-5-6-7-8-11(4-2)9-12-10-11/h3-10H2,1-2H3. The zero-order valence-electron chi connectivity index (χ0n) is 8.57. The maximum absolute atomic E-state index is 5.29. The van der Waals surface area contributed by atoms with Gasteiger partial charge in [-0.2, -0.15) is 0 Å². The Morgan fingerprint density at radius 3 is 2.25 bits per heavy atom. The van der Waals surface area contributed by atoms with E-state index in [0.717, 1.165) is 13.2 Å². The van der Waals surface area contributed by atoms with Crippen LogP contribution < -0.4 is 0 Å². The van der Waals surface area contributed by atoms with E-state index >= 15 is 0 Å². The third kappa shape index (κ3) is 2.48. The van der Waals surface area contributed by atoms with Crippen LogP contribution in [0.15, 0.2) is 0 Å². The molecule has 0 aliphatic carbocycles. The third-order valence-corrected chi connectivity index (χ3v) is 3.13. The lowest BCUT2D eigenvalue weighted by Crippen LogP contribution is -2.41. The largest absolute Gasteiger partial charge is 0.380 e. The van der Waals surface area contributed by atoms with Crippen molar-refractivity contribution >= 4 is 0 Å². The lowest BCUT2D eigenvalue weighted by molar-refractivity contribution is -0.120. The summed E-state index contributed by atoms with van der Waals surface area (Å²) in [5, 5.41) is 0. The summed E-state index contributed by atoms with van der Waals surface area (Å²) in [4.78, 5) is 0. The van der Waals surface area contributed by atoms with Gasteiger partial charge in [-0.05, 0) is 12.8 Å². The lowest BCUT2D eigenvalue weighted by atomic mass is 9.78. The molecule has 1 fully saturated rings. The molecule has 1 aliphatic rings. The second kappa shape index (κ2) is 4.86. The van der Waals surface area contributed by atoms with E-state index in [1.165, 1.54) is 38.5 Å². The van der Waals surface area contributed by atoms with Gasteiger partial charge in [-0.1, -0.05) is 39.5 Å². The van der Waals surface area contributed by atoms with E-state index in [9.17, 15) is 0 Å². The van der Waals surface area contributed by atoms with Crippen LogP contribution in [0.2, 0.25) is 0 Å². The van der Waals surface area contributed by atoms with Crippen molar-refractivity contribution in [1.29, 1.82) is 0 Å². The van der Waals surface area contributed by atoms with Crippen LogP contribution in [-0.2, 0) is 4.74 Å². The van der Waals surface area contributed by atoms with Crippen LogP contribution in [-0.4, -0.2) is 13.2 Å². The Morgan fingerprint density at radius 1 is 1.08 bits per heavy atom. The quantitative estimate of drug-likeness (QED) is 0.555. The number of rotatable bonds is 6. The Balaban J connectivity index is 2.04. The first-order valence-electron chi connectivity index (χ1n) is 5.41. The Labute approximate surface area is 76.5 Å². The van der Waals surface area contributed by atoms with Gasteiger partial charge in [-0.3, -0.25) is 0 Å². The van der Waals surface area contributed by atoms with Crippen molar-refractivity contribution in [3.8, 4) is 0 Å². The fraction of sp³-hybridized carbons (Fsp3) is 1.00. The molecule has 0 aromatic heterocycles. The molecule has 0 atom stereocenters. The molecule has 0 bridgehead atoms. The summed E-state index contributed by atoms with van der Waals surface area (Å²) in [5.41, 5.74) is 0.591. The predicted octanol–water partition coefficient (Wildman–Crippen LogP) is 3.38. The maximum atomic E-state index is 5.29. The van der Waals surface area contributed by atoms with E-state index in [2.05, 4.69) is 13.8 Å². The minimum absolute atomic E-state index is 0.591. The van der Waals surface area contributed by atoms with Crippen molar-refractivity contribution < 1.29 is 4.74 Å². The summed E-state index contributed by atoms with van der Waals surface area (Å²) < 4.78 is 5.29. The van der Waals surface area contributed by atoms with Crippen molar-refractivity contribution in [2.45, 2.75) is 52.4 Å². The minimum atomic E-state index is 0.591. The van der Waals surface area contributed by atoms with Gasteiger partial charge in [-0.15, -0.1) is 0 Å². The average molecular weight is 170 g/mol. The van der Waals surface area contributed by atoms with Gasteiger partial charge in [0.25, 0.3) is 0 Å². The topological polar surface area (TPSA) is 9.23 Å². The first kappa shape index (κ1) is 10.0. The molecule has 0 spiro atoms. The molecule has 0 aromatic rings. The van der Waals surface area contributed by atoms with Crippen molar-refractivity contribution in [1.82, 2.24) is 0 Å². The van der Waals surface area contributed by atoms with Crippen LogP contribution in [0.25, 0.3) is 0 Å². The second-order valence-electron chi connectivity index (χ2n) is 4.16. The normalized spacial score (nSPS) is 20.5. The zero-order chi connectivity index (χ0) is 8.86. The van der Waals surface area contributed by atoms with Gasteiger partial charge in [0.2, 0.25) is 0 Å². The SMILES string of the molecule is CCCCCCC1(CC)COC1. The second-order valence-corrected chi connectivity index (χ2v) is 4.16. The third-order valence-electron chi connectivity index (χ3n) is 3.13. The van der Waals surface area contributed by atoms with E-state index in [0.29, 0.717) is 5.41 Å². The molecular formula is C11H22O. The van der Waals surface area contributed by atoms with Crippen molar-refractivity contribution in [2.24, 2.45) is 5.41 Å². The molecule has 0 amide bonds.